The highest BCUT2D eigenvalue weighted by atomic mass is 127. The number of hydrogen-bond acceptors (Lipinski definition) is 5. The van der Waals surface area contributed by atoms with Gasteiger partial charge < -0.3 is 15.4 Å². The molecule has 8 nitrogen and oxygen atoms in total. The van der Waals surface area contributed by atoms with E-state index in [4.69, 9.17) is 4.74 Å². The Morgan fingerprint density at radius 3 is 2.82 bits per heavy atom. The monoisotopic (exact) mass is 519 g/mol. The van der Waals surface area contributed by atoms with Crippen LogP contribution >= 0.6 is 24.0 Å². The van der Waals surface area contributed by atoms with E-state index in [-0.39, 0.29) is 30.0 Å². The Morgan fingerprint density at radius 2 is 2.18 bits per heavy atom. The summed E-state index contributed by atoms with van der Waals surface area (Å²) in [6.45, 7) is 1.08. The molecule has 0 radical (unpaired) electrons. The van der Waals surface area contributed by atoms with Crippen molar-refractivity contribution in [2.75, 3.05) is 40.8 Å². The number of aryl methyl sites for hydroxylation is 1. The van der Waals surface area contributed by atoms with Gasteiger partial charge in [0.05, 0.1) is 13.1 Å². The number of fused-ring (bicyclic) bond motifs is 1. The van der Waals surface area contributed by atoms with E-state index in [1.807, 2.05) is 4.68 Å². The van der Waals surface area contributed by atoms with Crippen LogP contribution < -0.4 is 10.6 Å². The summed E-state index contributed by atoms with van der Waals surface area (Å²) in [4.78, 5) is 9.90. The number of aliphatic imine (C=N–C) groups is 1. The Hall–Kier alpha value is -1.15. The Balaban J connectivity index is 0.00000392. The largest absolute Gasteiger partial charge is 0.401 e. The smallest absolute Gasteiger partial charge is 0.377 e. The lowest BCUT2D eigenvalue weighted by Crippen LogP contribution is -2.47. The van der Waals surface area contributed by atoms with Crippen LogP contribution in [0.3, 0.4) is 0 Å². The average molecular weight is 519 g/mol. The van der Waals surface area contributed by atoms with E-state index >= 15 is 0 Å². The van der Waals surface area contributed by atoms with Crippen LogP contribution in [0.25, 0.3) is 0 Å². The number of nitrogens with zero attached hydrogens (tertiary/aromatic N) is 5. The van der Waals surface area contributed by atoms with Crippen LogP contribution in [0.2, 0.25) is 0 Å². The molecule has 2 rings (SSSR count). The van der Waals surface area contributed by atoms with Crippen molar-refractivity contribution in [1.82, 2.24) is 30.3 Å². The molecule has 1 aliphatic heterocycles. The molecule has 1 aliphatic rings. The van der Waals surface area contributed by atoms with Crippen LogP contribution in [-0.2, 0) is 24.3 Å². The standard InChI is InChI=1S/C16H28F3N7O.HI/c1-20-15(21-7-4-8-25(2)11-16(17,18)19)22-12-5-6-14-23-13(10-27-3)24-26(14)9-12;/h12H,4-11H2,1-3H3,(H2,20,21,22);1H. The number of nitrogens with one attached hydrogen (secondary N) is 2. The Labute approximate surface area is 180 Å². The fourth-order valence-electron chi connectivity index (χ4n) is 3.00. The van der Waals surface area contributed by atoms with Crippen molar-refractivity contribution in [2.24, 2.45) is 4.99 Å². The average Bonchev–Trinajstić information content (AvgIpc) is 2.98. The van der Waals surface area contributed by atoms with E-state index in [9.17, 15) is 13.2 Å². The molecule has 2 heterocycles. The molecule has 0 spiro atoms. The van der Waals surface area contributed by atoms with Crippen molar-refractivity contribution in [2.45, 2.75) is 44.6 Å². The highest BCUT2D eigenvalue weighted by Gasteiger charge is 2.28. The quantitative estimate of drug-likeness (QED) is 0.234. The maximum atomic E-state index is 12.3. The molecule has 0 saturated carbocycles. The maximum Gasteiger partial charge on any atom is 0.401 e. The molecule has 0 aromatic carbocycles. The summed E-state index contributed by atoms with van der Waals surface area (Å²) >= 11 is 0. The van der Waals surface area contributed by atoms with E-state index in [2.05, 4.69) is 25.7 Å². The molecule has 1 aromatic heterocycles. The number of aromatic nitrogens is 3. The first-order valence-corrected chi connectivity index (χ1v) is 8.94. The third-order valence-corrected chi connectivity index (χ3v) is 4.20. The predicted octanol–water partition coefficient (Wildman–Crippen LogP) is 1.41. The molecule has 0 amide bonds. The summed E-state index contributed by atoms with van der Waals surface area (Å²) < 4.78 is 43.9. The summed E-state index contributed by atoms with van der Waals surface area (Å²) in [6, 6.07) is 0.161. The molecule has 0 bridgehead atoms. The van der Waals surface area contributed by atoms with Gasteiger partial charge >= 0.3 is 6.18 Å². The lowest BCUT2D eigenvalue weighted by Gasteiger charge is -2.25. The molecular formula is C16H29F3IN7O. The van der Waals surface area contributed by atoms with E-state index in [1.165, 1.54) is 11.9 Å². The van der Waals surface area contributed by atoms with E-state index in [1.54, 1.807) is 14.2 Å². The van der Waals surface area contributed by atoms with E-state index < -0.39 is 12.7 Å². The summed E-state index contributed by atoms with van der Waals surface area (Å²) in [5.41, 5.74) is 0. The van der Waals surface area contributed by atoms with Crippen LogP contribution in [0.1, 0.15) is 24.5 Å². The van der Waals surface area contributed by atoms with Gasteiger partial charge in [0.15, 0.2) is 11.8 Å². The number of halogens is 4. The summed E-state index contributed by atoms with van der Waals surface area (Å²) in [5.74, 6) is 2.27. The van der Waals surface area contributed by atoms with Crippen molar-refractivity contribution in [3.8, 4) is 0 Å². The first kappa shape index (κ1) is 24.9. The highest BCUT2D eigenvalue weighted by Crippen LogP contribution is 2.15. The summed E-state index contributed by atoms with van der Waals surface area (Å²) in [5, 5.41) is 10.9. The number of rotatable bonds is 8. The first-order valence-electron chi connectivity index (χ1n) is 8.94. The number of ether oxygens (including phenoxy) is 1. The van der Waals surface area contributed by atoms with Crippen LogP contribution in [0, 0.1) is 0 Å². The van der Waals surface area contributed by atoms with Gasteiger partial charge in [-0.15, -0.1) is 24.0 Å². The third-order valence-electron chi connectivity index (χ3n) is 4.20. The van der Waals surface area contributed by atoms with E-state index in [0.717, 1.165) is 18.7 Å². The van der Waals surface area contributed by atoms with Gasteiger partial charge in [0.2, 0.25) is 0 Å². The second kappa shape index (κ2) is 11.8. The summed E-state index contributed by atoms with van der Waals surface area (Å²) in [7, 11) is 4.75. The predicted molar refractivity (Wildman–Crippen MR) is 111 cm³/mol. The second-order valence-corrected chi connectivity index (χ2v) is 6.64. The molecule has 28 heavy (non-hydrogen) atoms. The minimum absolute atomic E-state index is 0. The topological polar surface area (TPSA) is 79.6 Å². The van der Waals surface area contributed by atoms with Crippen molar-refractivity contribution in [3.63, 3.8) is 0 Å². The lowest BCUT2D eigenvalue weighted by atomic mass is 10.1. The van der Waals surface area contributed by atoms with Gasteiger partial charge in [-0.3, -0.25) is 9.89 Å². The molecule has 1 unspecified atom stereocenters. The minimum Gasteiger partial charge on any atom is -0.377 e. The fourth-order valence-corrected chi connectivity index (χ4v) is 3.00. The molecule has 1 aromatic rings. The molecular weight excluding hydrogens is 490 g/mol. The van der Waals surface area contributed by atoms with Gasteiger partial charge in [-0.1, -0.05) is 0 Å². The Kier molecular flexibility index (Phi) is 10.4. The van der Waals surface area contributed by atoms with Crippen molar-refractivity contribution in [3.05, 3.63) is 11.6 Å². The van der Waals surface area contributed by atoms with Crippen LogP contribution in [0.4, 0.5) is 13.2 Å². The minimum atomic E-state index is -4.16. The number of methoxy groups -OCH3 is 1. The Morgan fingerprint density at radius 1 is 1.43 bits per heavy atom. The van der Waals surface area contributed by atoms with Crippen molar-refractivity contribution >= 4 is 29.9 Å². The van der Waals surface area contributed by atoms with Gasteiger partial charge in [-0.25, -0.2) is 9.67 Å². The molecule has 0 fully saturated rings. The molecule has 162 valence electrons. The lowest BCUT2D eigenvalue weighted by molar-refractivity contribution is -0.143. The SMILES string of the molecule is CN=C(NCCCN(C)CC(F)(F)F)NC1CCc2nc(COC)nn2C1.I. The molecule has 0 saturated heterocycles. The number of guanidine groups is 1. The Bertz CT molecular complexity index is 624. The zero-order valence-electron chi connectivity index (χ0n) is 16.4. The third kappa shape index (κ3) is 8.47. The maximum absolute atomic E-state index is 12.3. The van der Waals surface area contributed by atoms with Gasteiger partial charge in [0, 0.05) is 33.2 Å². The zero-order chi connectivity index (χ0) is 19.9. The molecule has 0 aliphatic carbocycles. The van der Waals surface area contributed by atoms with Gasteiger partial charge in [0.1, 0.15) is 12.4 Å². The normalized spacial score (nSPS) is 17.2. The van der Waals surface area contributed by atoms with Crippen LogP contribution in [0.5, 0.6) is 0 Å². The zero-order valence-corrected chi connectivity index (χ0v) is 18.8. The molecule has 1 atom stereocenters. The van der Waals surface area contributed by atoms with Crippen LogP contribution in [0.15, 0.2) is 4.99 Å². The van der Waals surface area contributed by atoms with Gasteiger partial charge in [-0.05, 0) is 26.4 Å². The summed E-state index contributed by atoms with van der Waals surface area (Å²) in [6.07, 6.45) is -1.86. The molecule has 2 N–H and O–H groups in total. The van der Waals surface area contributed by atoms with Crippen LogP contribution in [-0.4, -0.2) is 78.7 Å². The van der Waals surface area contributed by atoms with E-state index in [0.29, 0.717) is 44.4 Å². The van der Waals surface area contributed by atoms with Crippen molar-refractivity contribution in [1.29, 1.82) is 0 Å². The van der Waals surface area contributed by atoms with Gasteiger partial charge in [-0.2, -0.15) is 18.3 Å². The number of alkyl halides is 3. The van der Waals surface area contributed by atoms with Gasteiger partial charge in [0.25, 0.3) is 0 Å². The second-order valence-electron chi connectivity index (χ2n) is 6.64. The fraction of sp³-hybridized carbons (Fsp3) is 0.812. The number of hydrogen-bond donors (Lipinski definition) is 2. The first-order chi connectivity index (χ1) is 12.8. The highest BCUT2D eigenvalue weighted by molar-refractivity contribution is 14.0. The van der Waals surface area contributed by atoms with Crippen molar-refractivity contribution < 1.29 is 17.9 Å². The molecule has 12 heteroatoms.